The fourth-order valence-corrected chi connectivity index (χ4v) is 3.54. The number of aryl methyl sites for hydroxylation is 1. The third kappa shape index (κ3) is 5.31. The van der Waals surface area contributed by atoms with Crippen molar-refractivity contribution in [1.29, 1.82) is 0 Å². The summed E-state index contributed by atoms with van der Waals surface area (Å²) in [5.41, 5.74) is 1.78. The van der Waals surface area contributed by atoms with Crippen molar-refractivity contribution < 1.29 is 18.0 Å². The van der Waals surface area contributed by atoms with Crippen molar-refractivity contribution in [2.45, 2.75) is 19.6 Å². The number of benzene rings is 2. The molecular formula is C22H27F3N4O. The second-order valence-corrected chi connectivity index (χ2v) is 7.68. The molecule has 5 nitrogen and oxygen atoms in total. The maximum Gasteiger partial charge on any atom is 0.416 e. The first kappa shape index (κ1) is 22.1. The fourth-order valence-electron chi connectivity index (χ4n) is 3.54. The van der Waals surface area contributed by atoms with E-state index in [9.17, 15) is 18.0 Å². The Morgan fingerprint density at radius 1 is 1.07 bits per heavy atom. The molecule has 0 saturated carbocycles. The van der Waals surface area contributed by atoms with Crippen LogP contribution in [0.2, 0.25) is 0 Å². The van der Waals surface area contributed by atoms with Gasteiger partial charge in [-0.3, -0.25) is 9.69 Å². The Morgan fingerprint density at radius 3 is 2.40 bits per heavy atom. The largest absolute Gasteiger partial charge is 0.416 e. The number of amides is 1. The van der Waals surface area contributed by atoms with Crippen molar-refractivity contribution in [3.63, 3.8) is 0 Å². The Labute approximate surface area is 174 Å². The number of nitrogens with one attached hydrogen (secondary N) is 2. The lowest BCUT2D eigenvalue weighted by Crippen LogP contribution is -2.44. The summed E-state index contributed by atoms with van der Waals surface area (Å²) in [6, 6.07) is 9.14. The van der Waals surface area contributed by atoms with Crippen molar-refractivity contribution in [3.8, 4) is 0 Å². The van der Waals surface area contributed by atoms with Gasteiger partial charge < -0.3 is 15.5 Å². The Morgan fingerprint density at radius 2 is 1.77 bits per heavy atom. The van der Waals surface area contributed by atoms with Crippen LogP contribution in [0, 0.1) is 6.92 Å². The topological polar surface area (TPSA) is 47.6 Å². The summed E-state index contributed by atoms with van der Waals surface area (Å²) >= 11 is 0. The molecular weight excluding hydrogens is 393 g/mol. The molecule has 3 rings (SSSR count). The number of hydrogen-bond acceptors (Lipinski definition) is 4. The number of anilines is 2. The van der Waals surface area contributed by atoms with E-state index in [1.165, 1.54) is 12.1 Å². The average Bonchev–Trinajstić information content (AvgIpc) is 2.70. The SMILES string of the molecule is CNc1cc(NC(=O)c2ccc(CN3CCN(C)CC3)c(C(F)(F)F)c2)ccc1C. The van der Waals surface area contributed by atoms with Crippen LogP contribution in [0.3, 0.4) is 0 Å². The van der Waals surface area contributed by atoms with Gasteiger partial charge in [0.25, 0.3) is 5.91 Å². The normalized spacial score (nSPS) is 15.8. The first-order valence-electron chi connectivity index (χ1n) is 9.88. The monoisotopic (exact) mass is 420 g/mol. The number of carbonyl (C=O) groups is 1. The van der Waals surface area contributed by atoms with Gasteiger partial charge in [-0.25, -0.2) is 0 Å². The maximum atomic E-state index is 13.7. The van der Waals surface area contributed by atoms with Crippen molar-refractivity contribution in [2.75, 3.05) is 50.9 Å². The summed E-state index contributed by atoms with van der Waals surface area (Å²) in [5, 5.41) is 5.70. The molecule has 1 amide bonds. The summed E-state index contributed by atoms with van der Waals surface area (Å²) in [7, 11) is 3.77. The molecule has 0 radical (unpaired) electrons. The Hall–Kier alpha value is -2.58. The number of rotatable bonds is 5. The highest BCUT2D eigenvalue weighted by molar-refractivity contribution is 6.04. The number of nitrogens with zero attached hydrogens (tertiary/aromatic N) is 2. The molecule has 0 aliphatic carbocycles. The maximum absolute atomic E-state index is 13.7. The minimum absolute atomic E-state index is 0.0176. The molecule has 0 aromatic heterocycles. The molecule has 1 fully saturated rings. The van der Waals surface area contributed by atoms with Gasteiger partial charge in [0.1, 0.15) is 0 Å². The smallest absolute Gasteiger partial charge is 0.388 e. The summed E-state index contributed by atoms with van der Waals surface area (Å²) in [4.78, 5) is 16.8. The van der Waals surface area contributed by atoms with Gasteiger partial charge >= 0.3 is 6.18 Å². The van der Waals surface area contributed by atoms with E-state index in [2.05, 4.69) is 15.5 Å². The molecule has 162 valence electrons. The Kier molecular flexibility index (Phi) is 6.67. The number of piperazine rings is 1. The van der Waals surface area contributed by atoms with Gasteiger partial charge in [0.15, 0.2) is 0 Å². The molecule has 0 unspecified atom stereocenters. The van der Waals surface area contributed by atoms with Crippen molar-refractivity contribution >= 4 is 17.3 Å². The van der Waals surface area contributed by atoms with Crippen molar-refractivity contribution in [3.05, 3.63) is 58.7 Å². The number of alkyl halides is 3. The van der Waals surface area contributed by atoms with Crippen LogP contribution < -0.4 is 10.6 Å². The molecule has 1 aliphatic rings. The quantitative estimate of drug-likeness (QED) is 0.766. The molecule has 0 bridgehead atoms. The van der Waals surface area contributed by atoms with E-state index in [0.29, 0.717) is 5.69 Å². The molecule has 2 N–H and O–H groups in total. The summed E-state index contributed by atoms with van der Waals surface area (Å²) in [6.45, 7) is 5.23. The van der Waals surface area contributed by atoms with Crippen LogP contribution in [-0.2, 0) is 12.7 Å². The number of halogens is 3. The predicted octanol–water partition coefficient (Wildman–Crippen LogP) is 4.06. The second kappa shape index (κ2) is 9.06. The summed E-state index contributed by atoms with van der Waals surface area (Å²) < 4.78 is 41.1. The zero-order valence-electron chi connectivity index (χ0n) is 17.4. The van der Waals surface area contributed by atoms with E-state index in [-0.39, 0.29) is 17.7 Å². The molecule has 1 saturated heterocycles. The van der Waals surface area contributed by atoms with Gasteiger partial charge in [-0.15, -0.1) is 0 Å². The molecule has 2 aromatic carbocycles. The number of likely N-dealkylation sites (N-methyl/N-ethyl adjacent to an activating group) is 1. The Bertz CT molecular complexity index is 906. The lowest BCUT2D eigenvalue weighted by Gasteiger charge is -2.33. The first-order valence-corrected chi connectivity index (χ1v) is 9.88. The van der Waals surface area contributed by atoms with E-state index in [4.69, 9.17) is 0 Å². The lowest BCUT2D eigenvalue weighted by molar-refractivity contribution is -0.138. The fraction of sp³-hybridized carbons (Fsp3) is 0.409. The van der Waals surface area contributed by atoms with Gasteiger partial charge in [0, 0.05) is 56.7 Å². The molecule has 1 aliphatic heterocycles. The Balaban J connectivity index is 1.81. The molecule has 1 heterocycles. The molecule has 0 atom stereocenters. The van der Waals surface area contributed by atoms with Gasteiger partial charge in [-0.2, -0.15) is 13.2 Å². The zero-order chi connectivity index (χ0) is 21.9. The van der Waals surface area contributed by atoms with Gasteiger partial charge in [0.2, 0.25) is 0 Å². The van der Waals surface area contributed by atoms with E-state index in [0.717, 1.165) is 43.5 Å². The van der Waals surface area contributed by atoms with Gasteiger partial charge in [-0.1, -0.05) is 12.1 Å². The molecule has 2 aromatic rings. The minimum Gasteiger partial charge on any atom is -0.388 e. The van der Waals surface area contributed by atoms with Gasteiger partial charge in [-0.05, 0) is 49.4 Å². The molecule has 0 spiro atoms. The van der Waals surface area contributed by atoms with Crippen molar-refractivity contribution in [2.24, 2.45) is 0 Å². The van der Waals surface area contributed by atoms with Crippen LogP contribution in [0.25, 0.3) is 0 Å². The average molecular weight is 420 g/mol. The standard InChI is InChI=1S/C22H27F3N4O/c1-15-4-7-18(13-20(15)26-2)27-21(30)16-5-6-17(19(12-16)22(23,24)25)14-29-10-8-28(3)9-11-29/h4-7,12-13,26H,8-11,14H2,1-3H3,(H,27,30). The van der Waals surface area contributed by atoms with E-state index < -0.39 is 17.6 Å². The summed E-state index contributed by atoms with van der Waals surface area (Å²) in [6.07, 6.45) is -4.53. The highest BCUT2D eigenvalue weighted by Crippen LogP contribution is 2.34. The van der Waals surface area contributed by atoms with E-state index >= 15 is 0 Å². The van der Waals surface area contributed by atoms with Crippen LogP contribution in [0.5, 0.6) is 0 Å². The molecule has 30 heavy (non-hydrogen) atoms. The van der Waals surface area contributed by atoms with Crippen LogP contribution in [-0.4, -0.2) is 56.0 Å². The summed E-state index contributed by atoms with van der Waals surface area (Å²) in [5.74, 6) is -0.572. The highest BCUT2D eigenvalue weighted by Gasteiger charge is 2.34. The van der Waals surface area contributed by atoms with Crippen LogP contribution in [0.15, 0.2) is 36.4 Å². The zero-order valence-corrected chi connectivity index (χ0v) is 17.4. The first-order chi connectivity index (χ1) is 14.2. The number of carbonyl (C=O) groups excluding carboxylic acids is 1. The van der Waals surface area contributed by atoms with Crippen LogP contribution >= 0.6 is 0 Å². The predicted molar refractivity (Wildman–Crippen MR) is 113 cm³/mol. The van der Waals surface area contributed by atoms with E-state index in [1.807, 2.05) is 24.9 Å². The third-order valence-corrected chi connectivity index (χ3v) is 5.43. The van der Waals surface area contributed by atoms with E-state index in [1.54, 1.807) is 19.2 Å². The third-order valence-electron chi connectivity index (χ3n) is 5.43. The van der Waals surface area contributed by atoms with Crippen LogP contribution in [0.4, 0.5) is 24.5 Å². The highest BCUT2D eigenvalue weighted by atomic mass is 19.4. The van der Waals surface area contributed by atoms with Crippen LogP contribution in [0.1, 0.15) is 27.0 Å². The molecule has 8 heteroatoms. The number of hydrogen-bond donors (Lipinski definition) is 2. The van der Waals surface area contributed by atoms with Gasteiger partial charge in [0.05, 0.1) is 5.56 Å². The lowest BCUT2D eigenvalue weighted by atomic mass is 10.0. The second-order valence-electron chi connectivity index (χ2n) is 7.68. The van der Waals surface area contributed by atoms with Crippen molar-refractivity contribution in [1.82, 2.24) is 9.80 Å². The minimum atomic E-state index is -4.53.